The average Bonchev–Trinajstić information content (AvgIpc) is 2.51. The molecule has 2 rings (SSSR count). The number of likely N-dealkylation sites (N-methyl/N-ethyl adjacent to an activating group) is 1. The van der Waals surface area contributed by atoms with Gasteiger partial charge in [0.05, 0.1) is 12.7 Å². The molecule has 0 spiro atoms. The number of nitriles is 1. The maximum Gasteiger partial charge on any atom is 0.127 e. The molecule has 1 aromatic rings. The number of benzene rings is 1. The lowest BCUT2D eigenvalue weighted by Crippen LogP contribution is -2.52. The number of hydrogen-bond donors (Lipinski definition) is 0. The van der Waals surface area contributed by atoms with Crippen LogP contribution < -0.4 is 4.74 Å². The first-order chi connectivity index (χ1) is 10.2. The van der Waals surface area contributed by atoms with Gasteiger partial charge in [-0.15, -0.1) is 0 Å². The maximum absolute atomic E-state index is 9.74. The topological polar surface area (TPSA) is 39.5 Å². The Balaban J connectivity index is 2.29. The minimum absolute atomic E-state index is 0.230. The zero-order valence-electron chi connectivity index (χ0n) is 13.2. The van der Waals surface area contributed by atoms with Gasteiger partial charge < -0.3 is 9.64 Å². The Morgan fingerprint density at radius 1 is 1.33 bits per heavy atom. The van der Waals surface area contributed by atoms with E-state index in [1.807, 2.05) is 31.2 Å². The number of rotatable bonds is 5. The summed E-state index contributed by atoms with van der Waals surface area (Å²) in [5.74, 6) is 0.834. The van der Waals surface area contributed by atoms with E-state index in [4.69, 9.17) is 4.74 Å². The second kappa shape index (κ2) is 7.44. The number of ether oxygens (including phenoxy) is 1. The van der Waals surface area contributed by atoms with Crippen molar-refractivity contribution >= 4 is 0 Å². The molecule has 1 aliphatic rings. The van der Waals surface area contributed by atoms with Crippen molar-refractivity contribution in [3.63, 3.8) is 0 Å². The zero-order valence-corrected chi connectivity index (χ0v) is 13.2. The standard InChI is InChI=1S/C17H25N3O/c1-4-14-13-19(3)10-11-20(14)16(12-18)15-8-6-7-9-17(15)21-5-2/h6-9,14,16H,4-5,10-11,13H2,1-3H3. The summed E-state index contributed by atoms with van der Waals surface area (Å²) in [5.41, 5.74) is 0.991. The number of hydrogen-bond acceptors (Lipinski definition) is 4. The molecule has 0 bridgehead atoms. The molecule has 1 aliphatic heterocycles. The molecule has 4 heteroatoms. The molecule has 0 aromatic heterocycles. The van der Waals surface area contributed by atoms with Crippen molar-refractivity contribution in [1.82, 2.24) is 9.80 Å². The van der Waals surface area contributed by atoms with Crippen LogP contribution in [0.4, 0.5) is 0 Å². The van der Waals surface area contributed by atoms with Gasteiger partial charge in [-0.2, -0.15) is 5.26 Å². The SMILES string of the molecule is CCOc1ccccc1C(C#N)N1CCN(C)CC1CC. The minimum Gasteiger partial charge on any atom is -0.493 e. The monoisotopic (exact) mass is 287 g/mol. The highest BCUT2D eigenvalue weighted by Gasteiger charge is 2.32. The molecule has 2 unspecified atom stereocenters. The summed E-state index contributed by atoms with van der Waals surface area (Å²) in [5, 5.41) is 9.74. The Morgan fingerprint density at radius 2 is 2.10 bits per heavy atom. The van der Waals surface area contributed by atoms with Crippen LogP contribution in [0, 0.1) is 11.3 Å². The van der Waals surface area contributed by atoms with Crippen LogP contribution in [0.15, 0.2) is 24.3 Å². The molecule has 1 aromatic carbocycles. The molecule has 0 saturated carbocycles. The van der Waals surface area contributed by atoms with Gasteiger partial charge in [-0.05, 0) is 26.5 Å². The highest BCUT2D eigenvalue weighted by Crippen LogP contribution is 2.32. The highest BCUT2D eigenvalue weighted by atomic mass is 16.5. The fraction of sp³-hybridized carbons (Fsp3) is 0.588. The highest BCUT2D eigenvalue weighted by molar-refractivity contribution is 5.39. The van der Waals surface area contributed by atoms with Gasteiger partial charge in [-0.25, -0.2) is 0 Å². The molecular formula is C17H25N3O. The van der Waals surface area contributed by atoms with E-state index in [0.717, 1.165) is 37.4 Å². The predicted octanol–water partition coefficient (Wildman–Crippen LogP) is 2.68. The Bertz CT molecular complexity index is 497. The molecule has 2 atom stereocenters. The molecule has 0 amide bonds. The third-order valence-corrected chi connectivity index (χ3v) is 4.17. The summed E-state index contributed by atoms with van der Waals surface area (Å²) in [6.45, 7) is 7.74. The van der Waals surface area contributed by atoms with Crippen LogP contribution in [0.1, 0.15) is 31.9 Å². The molecular weight excluding hydrogens is 262 g/mol. The van der Waals surface area contributed by atoms with Crippen molar-refractivity contribution in [2.75, 3.05) is 33.3 Å². The zero-order chi connectivity index (χ0) is 15.2. The van der Waals surface area contributed by atoms with Gasteiger partial charge in [-0.3, -0.25) is 4.90 Å². The summed E-state index contributed by atoms with van der Waals surface area (Å²) in [6, 6.07) is 10.6. The molecule has 21 heavy (non-hydrogen) atoms. The Kier molecular flexibility index (Phi) is 5.60. The predicted molar refractivity (Wildman–Crippen MR) is 84.2 cm³/mol. The normalized spacial score (nSPS) is 21.7. The van der Waals surface area contributed by atoms with Crippen molar-refractivity contribution in [1.29, 1.82) is 5.26 Å². The first-order valence-electron chi connectivity index (χ1n) is 7.76. The van der Waals surface area contributed by atoms with E-state index in [9.17, 15) is 5.26 Å². The molecule has 1 fully saturated rings. The van der Waals surface area contributed by atoms with Crippen LogP contribution in [0.2, 0.25) is 0 Å². The second-order valence-electron chi connectivity index (χ2n) is 5.56. The van der Waals surface area contributed by atoms with Crippen molar-refractivity contribution in [3.8, 4) is 11.8 Å². The third-order valence-electron chi connectivity index (χ3n) is 4.17. The van der Waals surface area contributed by atoms with Crippen molar-refractivity contribution in [3.05, 3.63) is 29.8 Å². The van der Waals surface area contributed by atoms with Crippen LogP contribution in [0.5, 0.6) is 5.75 Å². The van der Waals surface area contributed by atoms with Gasteiger partial charge in [0, 0.05) is 31.2 Å². The van der Waals surface area contributed by atoms with Crippen molar-refractivity contribution in [2.45, 2.75) is 32.4 Å². The van der Waals surface area contributed by atoms with Gasteiger partial charge in [0.15, 0.2) is 0 Å². The van der Waals surface area contributed by atoms with Crippen LogP contribution in [-0.4, -0.2) is 49.1 Å². The van der Waals surface area contributed by atoms with Crippen molar-refractivity contribution < 1.29 is 4.74 Å². The Labute approximate surface area is 127 Å². The first kappa shape index (κ1) is 15.8. The summed E-state index contributed by atoms with van der Waals surface area (Å²) < 4.78 is 5.71. The van der Waals surface area contributed by atoms with Gasteiger partial charge >= 0.3 is 0 Å². The van der Waals surface area contributed by atoms with Gasteiger partial charge in [0.25, 0.3) is 0 Å². The fourth-order valence-corrected chi connectivity index (χ4v) is 3.04. The van der Waals surface area contributed by atoms with E-state index in [1.54, 1.807) is 0 Å². The summed E-state index contributed by atoms with van der Waals surface area (Å²) in [4.78, 5) is 4.67. The number of para-hydroxylation sites is 1. The average molecular weight is 287 g/mol. The molecule has 0 radical (unpaired) electrons. The van der Waals surface area contributed by atoms with Gasteiger partial charge in [0.1, 0.15) is 11.8 Å². The molecule has 114 valence electrons. The van der Waals surface area contributed by atoms with Crippen LogP contribution >= 0.6 is 0 Å². The van der Waals surface area contributed by atoms with E-state index in [-0.39, 0.29) is 6.04 Å². The largest absolute Gasteiger partial charge is 0.493 e. The smallest absolute Gasteiger partial charge is 0.127 e. The lowest BCUT2D eigenvalue weighted by molar-refractivity contribution is 0.0666. The van der Waals surface area contributed by atoms with E-state index >= 15 is 0 Å². The lowest BCUT2D eigenvalue weighted by atomic mass is 10.00. The third kappa shape index (κ3) is 3.55. The Hall–Kier alpha value is -1.57. The van der Waals surface area contributed by atoms with Gasteiger partial charge in [-0.1, -0.05) is 25.1 Å². The van der Waals surface area contributed by atoms with Crippen LogP contribution in [0.25, 0.3) is 0 Å². The number of nitrogens with zero attached hydrogens (tertiary/aromatic N) is 3. The van der Waals surface area contributed by atoms with E-state index in [0.29, 0.717) is 12.6 Å². The van der Waals surface area contributed by atoms with E-state index < -0.39 is 0 Å². The molecule has 0 aliphatic carbocycles. The van der Waals surface area contributed by atoms with E-state index in [1.165, 1.54) is 0 Å². The fourth-order valence-electron chi connectivity index (χ4n) is 3.04. The molecule has 1 heterocycles. The van der Waals surface area contributed by atoms with Crippen LogP contribution in [-0.2, 0) is 0 Å². The summed E-state index contributed by atoms with van der Waals surface area (Å²) in [7, 11) is 2.15. The summed E-state index contributed by atoms with van der Waals surface area (Å²) >= 11 is 0. The summed E-state index contributed by atoms with van der Waals surface area (Å²) in [6.07, 6.45) is 1.05. The first-order valence-corrected chi connectivity index (χ1v) is 7.76. The van der Waals surface area contributed by atoms with Gasteiger partial charge in [0.2, 0.25) is 0 Å². The second-order valence-corrected chi connectivity index (χ2v) is 5.56. The van der Waals surface area contributed by atoms with E-state index in [2.05, 4.69) is 29.8 Å². The molecule has 4 nitrogen and oxygen atoms in total. The molecule has 0 N–H and O–H groups in total. The maximum atomic E-state index is 9.74. The van der Waals surface area contributed by atoms with Crippen molar-refractivity contribution in [2.24, 2.45) is 0 Å². The quantitative estimate of drug-likeness (QED) is 0.834. The minimum atomic E-state index is -0.230. The molecule has 1 saturated heterocycles. The van der Waals surface area contributed by atoms with Crippen LogP contribution in [0.3, 0.4) is 0 Å². The lowest BCUT2D eigenvalue weighted by Gasteiger charge is -2.42. The number of piperazine rings is 1. The Morgan fingerprint density at radius 3 is 2.76 bits per heavy atom.